The second kappa shape index (κ2) is 9.41. The summed E-state index contributed by atoms with van der Waals surface area (Å²) < 4.78 is 11.1. The summed E-state index contributed by atoms with van der Waals surface area (Å²) in [7, 11) is 1.56. The monoisotopic (exact) mass is 447 g/mol. The van der Waals surface area contributed by atoms with Gasteiger partial charge in [0.15, 0.2) is 0 Å². The van der Waals surface area contributed by atoms with E-state index >= 15 is 0 Å². The van der Waals surface area contributed by atoms with Gasteiger partial charge < -0.3 is 19.8 Å². The number of methoxy groups -OCH3 is 1. The van der Waals surface area contributed by atoms with Crippen LogP contribution in [0.5, 0.6) is 5.75 Å². The highest BCUT2D eigenvalue weighted by molar-refractivity contribution is 8.01. The number of anilines is 1. The molecule has 0 bridgehead atoms. The van der Waals surface area contributed by atoms with Gasteiger partial charge in [0.1, 0.15) is 22.4 Å². The summed E-state index contributed by atoms with van der Waals surface area (Å²) in [5, 5.41) is 16.4. The molecule has 0 spiro atoms. The Bertz CT molecular complexity index is 1130. The van der Waals surface area contributed by atoms with Gasteiger partial charge in [-0.2, -0.15) is 5.26 Å². The van der Waals surface area contributed by atoms with Crippen molar-refractivity contribution in [3.05, 3.63) is 77.9 Å². The molecule has 2 atom stereocenters. The molecule has 1 aliphatic heterocycles. The number of nitrogens with one attached hydrogen (secondary N) is 2. The van der Waals surface area contributed by atoms with Crippen LogP contribution in [0.4, 0.5) is 5.69 Å². The van der Waals surface area contributed by atoms with E-state index in [1.807, 2.05) is 19.1 Å². The first-order valence-corrected chi connectivity index (χ1v) is 11.4. The molecule has 0 saturated carbocycles. The number of nitrogens with zero attached hydrogens (tertiary/aromatic N) is 1. The van der Waals surface area contributed by atoms with Gasteiger partial charge in [-0.3, -0.25) is 4.79 Å². The van der Waals surface area contributed by atoms with Gasteiger partial charge in [0.05, 0.1) is 30.2 Å². The van der Waals surface area contributed by atoms with Crippen LogP contribution in [0.2, 0.25) is 0 Å². The number of para-hydroxylation sites is 2. The van der Waals surface area contributed by atoms with Crippen molar-refractivity contribution in [1.29, 1.82) is 5.26 Å². The summed E-state index contributed by atoms with van der Waals surface area (Å²) in [6.07, 6.45) is 10.8. The van der Waals surface area contributed by atoms with Gasteiger partial charge in [-0.05, 0) is 50.5 Å². The average molecular weight is 448 g/mol. The smallest absolute Gasteiger partial charge is 0.255 e. The first kappa shape index (κ1) is 21.8. The Labute approximate surface area is 192 Å². The molecule has 2 heterocycles. The maximum atomic E-state index is 13.8. The summed E-state index contributed by atoms with van der Waals surface area (Å²) in [4.78, 5) is 13.0. The number of dihydropyridines is 1. The van der Waals surface area contributed by atoms with Crippen LogP contribution in [0.1, 0.15) is 31.9 Å². The lowest BCUT2D eigenvalue weighted by molar-refractivity contribution is -0.113. The maximum absolute atomic E-state index is 13.8. The number of nitriles is 1. The van der Waals surface area contributed by atoms with Crippen LogP contribution in [0.3, 0.4) is 0 Å². The zero-order valence-electron chi connectivity index (χ0n) is 18.1. The molecule has 164 valence electrons. The molecule has 0 fully saturated rings. The summed E-state index contributed by atoms with van der Waals surface area (Å²) in [5.74, 6) is 0.727. The van der Waals surface area contributed by atoms with E-state index in [9.17, 15) is 10.1 Å². The van der Waals surface area contributed by atoms with E-state index in [4.69, 9.17) is 9.15 Å². The average Bonchev–Trinajstić information content (AvgIpc) is 3.34. The minimum Gasteiger partial charge on any atom is -0.495 e. The van der Waals surface area contributed by atoms with E-state index in [1.54, 1.807) is 55.6 Å². The first-order valence-electron chi connectivity index (χ1n) is 10.5. The molecular formula is C25H25N3O3S. The fraction of sp³-hybridized carbons (Fsp3) is 0.280. The van der Waals surface area contributed by atoms with Crippen LogP contribution in [-0.2, 0) is 4.79 Å². The number of ether oxygens (including phenoxy) is 1. The molecule has 6 nitrogen and oxygen atoms in total. The molecule has 0 radical (unpaired) electrons. The van der Waals surface area contributed by atoms with Crippen molar-refractivity contribution in [2.45, 2.75) is 36.3 Å². The van der Waals surface area contributed by atoms with Gasteiger partial charge >= 0.3 is 0 Å². The van der Waals surface area contributed by atoms with Crippen molar-refractivity contribution in [2.75, 3.05) is 12.4 Å². The molecule has 7 heteroatoms. The second-order valence-electron chi connectivity index (χ2n) is 7.74. The Balaban J connectivity index is 1.81. The standard InChI is InChI=1S/C25H25N3O3S/c1-25(32-18-9-4-3-5-10-18)23(24(29)28-19-11-6-7-12-20(19)30-2)22(17(15-26)16-27-25)21-13-8-14-31-21/h4,6-9,11-14,16,18,27H,3,5,10H2,1-2H3,(H,28,29). The number of furan rings is 1. The largest absolute Gasteiger partial charge is 0.495 e. The van der Waals surface area contributed by atoms with Crippen molar-refractivity contribution in [3.63, 3.8) is 0 Å². The summed E-state index contributed by atoms with van der Waals surface area (Å²) in [6, 6.07) is 13.0. The minimum absolute atomic E-state index is 0.255. The van der Waals surface area contributed by atoms with E-state index in [0.717, 1.165) is 19.3 Å². The molecule has 2 N–H and O–H groups in total. The highest BCUT2D eigenvalue weighted by atomic mass is 32.2. The van der Waals surface area contributed by atoms with Gasteiger partial charge in [0.25, 0.3) is 5.91 Å². The summed E-state index contributed by atoms with van der Waals surface area (Å²) >= 11 is 1.67. The van der Waals surface area contributed by atoms with E-state index in [1.165, 1.54) is 0 Å². The molecule has 2 aliphatic rings. The Morgan fingerprint density at radius 3 is 2.88 bits per heavy atom. The SMILES string of the molecule is COc1ccccc1NC(=O)C1=C(c2ccco2)C(C#N)=CNC1(C)SC1C=CCCC1. The number of amides is 1. The fourth-order valence-corrected chi connectivity index (χ4v) is 5.55. The molecule has 2 aromatic rings. The predicted molar refractivity (Wildman–Crippen MR) is 127 cm³/mol. The molecular weight excluding hydrogens is 422 g/mol. The summed E-state index contributed by atoms with van der Waals surface area (Å²) in [5.41, 5.74) is 1.85. The van der Waals surface area contributed by atoms with Crippen LogP contribution < -0.4 is 15.4 Å². The molecule has 4 rings (SSSR count). The third-order valence-corrected chi connectivity index (χ3v) is 7.04. The highest BCUT2D eigenvalue weighted by Gasteiger charge is 2.42. The van der Waals surface area contributed by atoms with Crippen molar-refractivity contribution < 1.29 is 13.9 Å². The van der Waals surface area contributed by atoms with Gasteiger partial charge in [0, 0.05) is 17.0 Å². The van der Waals surface area contributed by atoms with Crippen LogP contribution >= 0.6 is 11.8 Å². The van der Waals surface area contributed by atoms with Crippen molar-refractivity contribution in [2.24, 2.45) is 0 Å². The topological polar surface area (TPSA) is 87.3 Å². The Morgan fingerprint density at radius 2 is 2.19 bits per heavy atom. The second-order valence-corrected chi connectivity index (χ2v) is 9.40. The Hall–Kier alpha value is -3.37. The van der Waals surface area contributed by atoms with Crippen molar-refractivity contribution in [1.82, 2.24) is 5.32 Å². The van der Waals surface area contributed by atoms with E-state index in [0.29, 0.717) is 33.9 Å². The number of rotatable bonds is 6. The number of hydrogen-bond donors (Lipinski definition) is 2. The lowest BCUT2D eigenvalue weighted by atomic mass is 9.90. The fourth-order valence-electron chi connectivity index (χ4n) is 4.03. The molecule has 32 heavy (non-hydrogen) atoms. The zero-order chi connectivity index (χ0) is 22.6. The van der Waals surface area contributed by atoms with Crippen molar-refractivity contribution in [3.8, 4) is 11.8 Å². The molecule has 1 aromatic carbocycles. The Morgan fingerprint density at radius 1 is 1.34 bits per heavy atom. The number of carbonyl (C=O) groups is 1. The van der Waals surface area contributed by atoms with Gasteiger partial charge in [-0.25, -0.2) is 0 Å². The number of carbonyl (C=O) groups excluding carboxylic acids is 1. The molecule has 1 amide bonds. The van der Waals surface area contributed by atoms with E-state index in [-0.39, 0.29) is 11.2 Å². The van der Waals surface area contributed by atoms with Gasteiger partial charge in [-0.15, -0.1) is 11.8 Å². The van der Waals surface area contributed by atoms with Crippen LogP contribution in [0.25, 0.3) is 5.57 Å². The predicted octanol–water partition coefficient (Wildman–Crippen LogP) is 5.25. The molecule has 1 aromatic heterocycles. The Kier molecular flexibility index (Phi) is 6.42. The first-order chi connectivity index (χ1) is 15.6. The van der Waals surface area contributed by atoms with Gasteiger partial charge in [0.2, 0.25) is 0 Å². The number of thioether (sulfide) groups is 1. The number of benzene rings is 1. The molecule has 1 aliphatic carbocycles. The van der Waals surface area contributed by atoms with Gasteiger partial charge in [-0.1, -0.05) is 24.3 Å². The van der Waals surface area contributed by atoms with Crippen LogP contribution in [0, 0.1) is 11.3 Å². The molecule has 2 unspecified atom stereocenters. The quantitative estimate of drug-likeness (QED) is 0.588. The maximum Gasteiger partial charge on any atom is 0.255 e. The summed E-state index contributed by atoms with van der Waals surface area (Å²) in [6.45, 7) is 1.98. The lowest BCUT2D eigenvalue weighted by Gasteiger charge is -2.38. The number of hydrogen-bond acceptors (Lipinski definition) is 6. The zero-order valence-corrected chi connectivity index (χ0v) is 18.9. The highest BCUT2D eigenvalue weighted by Crippen LogP contribution is 2.45. The third kappa shape index (κ3) is 4.32. The van der Waals surface area contributed by atoms with Crippen molar-refractivity contribution >= 4 is 28.9 Å². The normalized spacial score (nSPS) is 22.5. The van der Waals surface area contributed by atoms with Crippen LogP contribution in [0.15, 0.2) is 76.6 Å². The molecule has 0 saturated heterocycles. The number of allylic oxidation sites excluding steroid dienone is 3. The van der Waals surface area contributed by atoms with E-state index in [2.05, 4.69) is 28.9 Å². The lowest BCUT2D eigenvalue weighted by Crippen LogP contribution is -2.46. The third-order valence-electron chi connectivity index (χ3n) is 5.56. The van der Waals surface area contributed by atoms with E-state index < -0.39 is 4.87 Å². The van der Waals surface area contributed by atoms with Crippen LogP contribution in [-0.4, -0.2) is 23.1 Å². The minimum atomic E-state index is -0.777.